The van der Waals surface area contributed by atoms with Crippen LogP contribution < -0.4 is 9.46 Å². The molecule has 2 N–H and O–H groups in total. The number of rotatable bonds is 6. The van der Waals surface area contributed by atoms with Gasteiger partial charge in [0.15, 0.2) is 0 Å². The molecule has 10 heteroatoms. The summed E-state index contributed by atoms with van der Waals surface area (Å²) in [4.78, 5) is 16.4. The van der Waals surface area contributed by atoms with Crippen LogP contribution in [0.2, 0.25) is 0 Å². The summed E-state index contributed by atoms with van der Waals surface area (Å²) < 4.78 is 56.4. The standard InChI is InChI=1S/C16H17F2N3O4S/c17-16(18)25-14-6-2-1-5-12(14)20-26(23,24)11-9-13(19-10-11)15(22)21-7-3-4-8-21/h1-2,5-6,9-10,16,19-20H,3-4,7-8H2. The molecule has 26 heavy (non-hydrogen) atoms. The lowest BCUT2D eigenvalue weighted by Gasteiger charge is -2.13. The molecule has 0 aliphatic carbocycles. The first-order valence-electron chi connectivity index (χ1n) is 7.91. The first-order valence-corrected chi connectivity index (χ1v) is 9.39. The average molecular weight is 385 g/mol. The van der Waals surface area contributed by atoms with Crippen molar-refractivity contribution in [1.82, 2.24) is 9.88 Å². The Kier molecular flexibility index (Phi) is 5.12. The number of nitrogens with zero attached hydrogens (tertiary/aromatic N) is 1. The first-order chi connectivity index (χ1) is 12.4. The van der Waals surface area contributed by atoms with Crippen LogP contribution in [0.1, 0.15) is 23.3 Å². The van der Waals surface area contributed by atoms with Gasteiger partial charge in [-0.15, -0.1) is 0 Å². The summed E-state index contributed by atoms with van der Waals surface area (Å²) in [7, 11) is -4.08. The van der Waals surface area contributed by atoms with Crippen molar-refractivity contribution in [3.63, 3.8) is 0 Å². The highest BCUT2D eigenvalue weighted by Gasteiger charge is 2.24. The zero-order valence-electron chi connectivity index (χ0n) is 13.6. The van der Waals surface area contributed by atoms with Crippen LogP contribution in [-0.2, 0) is 10.0 Å². The van der Waals surface area contributed by atoms with Crippen molar-refractivity contribution in [2.75, 3.05) is 17.8 Å². The number of hydrogen-bond donors (Lipinski definition) is 2. The second-order valence-electron chi connectivity index (χ2n) is 5.73. The van der Waals surface area contributed by atoms with Crippen molar-refractivity contribution in [2.24, 2.45) is 0 Å². The third-order valence-electron chi connectivity index (χ3n) is 3.94. The number of aromatic amines is 1. The highest BCUT2D eigenvalue weighted by molar-refractivity contribution is 7.92. The quantitative estimate of drug-likeness (QED) is 0.800. The van der Waals surface area contributed by atoms with Crippen molar-refractivity contribution in [3.05, 3.63) is 42.2 Å². The van der Waals surface area contributed by atoms with Crippen LogP contribution in [0.3, 0.4) is 0 Å². The predicted molar refractivity (Wildman–Crippen MR) is 89.8 cm³/mol. The lowest BCUT2D eigenvalue weighted by Crippen LogP contribution is -2.27. The molecule has 0 atom stereocenters. The maximum absolute atomic E-state index is 12.5. The van der Waals surface area contributed by atoms with Gasteiger partial charge in [-0.25, -0.2) is 8.42 Å². The van der Waals surface area contributed by atoms with Gasteiger partial charge in [0.1, 0.15) is 16.3 Å². The van der Waals surface area contributed by atoms with Crippen molar-refractivity contribution < 1.29 is 26.7 Å². The highest BCUT2D eigenvalue weighted by atomic mass is 32.2. The number of aromatic nitrogens is 1. The van der Waals surface area contributed by atoms with E-state index >= 15 is 0 Å². The summed E-state index contributed by atoms with van der Waals surface area (Å²) in [6, 6.07) is 6.68. The normalized spacial score (nSPS) is 14.7. The molecule has 0 unspecified atom stereocenters. The molecule has 1 saturated heterocycles. The molecule has 1 aromatic carbocycles. The van der Waals surface area contributed by atoms with Gasteiger partial charge in [-0.3, -0.25) is 9.52 Å². The molecule has 0 radical (unpaired) electrons. The smallest absolute Gasteiger partial charge is 0.387 e. The van der Waals surface area contributed by atoms with E-state index < -0.39 is 16.6 Å². The number of alkyl halides is 2. The van der Waals surface area contributed by atoms with Crippen LogP contribution in [0.25, 0.3) is 0 Å². The molecule has 1 aliphatic rings. The second-order valence-corrected chi connectivity index (χ2v) is 7.41. The van der Waals surface area contributed by atoms with Crippen LogP contribution in [-0.4, -0.2) is 43.9 Å². The Morgan fingerprint density at radius 2 is 1.92 bits per heavy atom. The topological polar surface area (TPSA) is 91.5 Å². The van der Waals surface area contributed by atoms with Crippen LogP contribution >= 0.6 is 0 Å². The van der Waals surface area contributed by atoms with E-state index in [9.17, 15) is 22.0 Å². The Bertz CT molecular complexity index is 892. The van der Waals surface area contributed by atoms with Crippen molar-refractivity contribution >= 4 is 21.6 Å². The molecular formula is C16H17F2N3O4S. The van der Waals surface area contributed by atoms with Crippen molar-refractivity contribution in [1.29, 1.82) is 0 Å². The third-order valence-corrected chi connectivity index (χ3v) is 5.28. The van der Waals surface area contributed by atoms with Gasteiger partial charge in [-0.1, -0.05) is 12.1 Å². The Hall–Kier alpha value is -2.62. The summed E-state index contributed by atoms with van der Waals surface area (Å²) >= 11 is 0. The molecule has 1 amide bonds. The third kappa shape index (κ3) is 3.96. The number of ether oxygens (including phenoxy) is 1. The minimum absolute atomic E-state index is 0.124. The molecule has 140 valence electrons. The van der Waals surface area contributed by atoms with Crippen LogP contribution in [0.5, 0.6) is 5.75 Å². The fraction of sp³-hybridized carbons (Fsp3) is 0.312. The van der Waals surface area contributed by atoms with Gasteiger partial charge < -0.3 is 14.6 Å². The summed E-state index contributed by atoms with van der Waals surface area (Å²) in [5, 5.41) is 0. The average Bonchev–Trinajstić information content (AvgIpc) is 3.27. The van der Waals surface area contributed by atoms with Crippen molar-refractivity contribution in [3.8, 4) is 5.75 Å². The van der Waals surface area contributed by atoms with E-state index in [1.54, 1.807) is 4.90 Å². The number of benzene rings is 1. The van der Waals surface area contributed by atoms with Gasteiger partial charge in [0.2, 0.25) is 0 Å². The minimum Gasteiger partial charge on any atom is -0.433 e. The number of nitrogens with one attached hydrogen (secondary N) is 2. The molecular weight excluding hydrogens is 368 g/mol. The van der Waals surface area contributed by atoms with Crippen molar-refractivity contribution in [2.45, 2.75) is 24.3 Å². The second kappa shape index (κ2) is 7.32. The number of sulfonamides is 1. The summed E-state index contributed by atoms with van der Waals surface area (Å²) in [6.45, 7) is -1.81. The number of para-hydroxylation sites is 2. The van der Waals surface area contributed by atoms with Gasteiger partial charge in [0.05, 0.1) is 5.69 Å². The molecule has 2 aromatic rings. The van der Waals surface area contributed by atoms with E-state index in [1.165, 1.54) is 36.5 Å². The number of H-pyrrole nitrogens is 1. The highest BCUT2D eigenvalue weighted by Crippen LogP contribution is 2.28. The monoisotopic (exact) mass is 385 g/mol. The molecule has 3 rings (SSSR count). The maximum atomic E-state index is 12.5. The van der Waals surface area contributed by atoms with Gasteiger partial charge in [-0.2, -0.15) is 8.78 Å². The lowest BCUT2D eigenvalue weighted by atomic mass is 10.3. The molecule has 0 saturated carbocycles. The van der Waals surface area contributed by atoms with E-state index in [1.807, 2.05) is 0 Å². The van der Waals surface area contributed by atoms with E-state index in [0.717, 1.165) is 12.8 Å². The van der Waals surface area contributed by atoms with E-state index in [4.69, 9.17) is 0 Å². The fourth-order valence-electron chi connectivity index (χ4n) is 2.70. The number of anilines is 1. The van der Waals surface area contributed by atoms with Crippen LogP contribution in [0.4, 0.5) is 14.5 Å². The van der Waals surface area contributed by atoms with Crippen LogP contribution in [0, 0.1) is 0 Å². The predicted octanol–water partition coefficient (Wildman–Crippen LogP) is 2.65. The van der Waals surface area contributed by atoms with Gasteiger partial charge in [0, 0.05) is 19.3 Å². The number of halogens is 2. The Labute approximate surface area is 149 Å². The van der Waals surface area contributed by atoms with E-state index in [0.29, 0.717) is 13.1 Å². The van der Waals surface area contributed by atoms with Gasteiger partial charge >= 0.3 is 6.61 Å². The van der Waals surface area contributed by atoms with E-state index in [2.05, 4.69) is 14.4 Å². The molecule has 0 bridgehead atoms. The van der Waals surface area contributed by atoms with Gasteiger partial charge in [-0.05, 0) is 31.0 Å². The van der Waals surface area contributed by atoms with Gasteiger partial charge in [0.25, 0.3) is 15.9 Å². The molecule has 1 aliphatic heterocycles. The number of hydrogen-bond acceptors (Lipinski definition) is 4. The summed E-state index contributed by atoms with van der Waals surface area (Å²) in [5.74, 6) is -0.569. The lowest BCUT2D eigenvalue weighted by molar-refractivity contribution is -0.0493. The zero-order valence-corrected chi connectivity index (χ0v) is 14.4. The Balaban J connectivity index is 1.80. The molecule has 0 spiro atoms. The zero-order chi connectivity index (χ0) is 18.7. The number of amides is 1. The van der Waals surface area contributed by atoms with E-state index in [-0.39, 0.29) is 27.9 Å². The largest absolute Gasteiger partial charge is 0.433 e. The first kappa shape index (κ1) is 18.2. The fourth-order valence-corrected chi connectivity index (χ4v) is 3.76. The summed E-state index contributed by atoms with van der Waals surface area (Å²) in [6.07, 6.45) is 3.02. The number of carbonyl (C=O) groups is 1. The Morgan fingerprint density at radius 1 is 1.23 bits per heavy atom. The van der Waals surface area contributed by atoms with Crippen LogP contribution in [0.15, 0.2) is 41.4 Å². The molecule has 7 nitrogen and oxygen atoms in total. The molecule has 2 heterocycles. The Morgan fingerprint density at radius 3 is 2.62 bits per heavy atom. The SMILES string of the molecule is O=C(c1cc(S(=O)(=O)Nc2ccccc2OC(F)F)c[nH]1)N1CCCC1. The molecule has 1 fully saturated rings. The number of carbonyl (C=O) groups excluding carboxylic acids is 1. The maximum Gasteiger partial charge on any atom is 0.387 e. The summed E-state index contributed by atoms with van der Waals surface area (Å²) in [5.41, 5.74) is 0.0332. The minimum atomic E-state index is -4.08. The number of likely N-dealkylation sites (tertiary alicyclic amines) is 1. The molecule has 1 aromatic heterocycles.